The van der Waals surface area contributed by atoms with Crippen LogP contribution in [-0.4, -0.2) is 76.0 Å². The number of anilines is 5. The first-order valence-electron chi connectivity index (χ1n) is 16.1. The van der Waals surface area contributed by atoms with Crippen molar-refractivity contribution in [3.05, 3.63) is 59.7 Å². The molecule has 14 heteroatoms. The van der Waals surface area contributed by atoms with Crippen molar-refractivity contribution >= 4 is 68.2 Å². The van der Waals surface area contributed by atoms with E-state index in [1.807, 2.05) is 36.3 Å². The van der Waals surface area contributed by atoms with Crippen LogP contribution in [0.25, 0.3) is 22.2 Å². The van der Waals surface area contributed by atoms with Gasteiger partial charge in [-0.05, 0) is 79.1 Å². The summed E-state index contributed by atoms with van der Waals surface area (Å²) in [5.41, 5.74) is 5.75. The summed E-state index contributed by atoms with van der Waals surface area (Å²) in [6, 6.07) is 7.87. The van der Waals surface area contributed by atoms with Gasteiger partial charge in [-0.2, -0.15) is 10.1 Å². The molecule has 0 amide bonds. The molecule has 1 aliphatic carbocycles. The highest BCUT2D eigenvalue weighted by Gasteiger charge is 2.28. The van der Waals surface area contributed by atoms with Crippen LogP contribution in [0.1, 0.15) is 25.7 Å². The average molecular weight is 733 g/mol. The largest absolute Gasteiger partial charge is 0.494 e. The molecule has 3 aromatic heterocycles. The van der Waals surface area contributed by atoms with Crippen molar-refractivity contribution in [1.29, 1.82) is 0 Å². The van der Waals surface area contributed by atoms with Gasteiger partial charge in [0.15, 0.2) is 0 Å². The summed E-state index contributed by atoms with van der Waals surface area (Å²) in [5, 5.41) is 11.8. The predicted octanol–water partition coefficient (Wildman–Crippen LogP) is 6.72. The fraction of sp³-hybridized carbons (Fsp3) is 0.382. The SMILES string of the molecule is COc1cc(N2CCC(OCC3CC3)CC2)c(-c2cnn(C)c2)cc1Nc1ncc(Br)c(Nc2ccc3nccnc3c2P(C)(C)=O)n1. The van der Waals surface area contributed by atoms with Gasteiger partial charge in [-0.1, -0.05) is 0 Å². The maximum absolute atomic E-state index is 13.5. The molecule has 48 heavy (non-hydrogen) atoms. The molecule has 0 radical (unpaired) electrons. The monoisotopic (exact) mass is 731 g/mol. The van der Waals surface area contributed by atoms with Gasteiger partial charge < -0.3 is 29.6 Å². The van der Waals surface area contributed by atoms with Gasteiger partial charge in [0.2, 0.25) is 5.95 Å². The third-order valence-corrected chi connectivity index (χ3v) is 10.9. The molecule has 7 rings (SSSR count). The predicted molar refractivity (Wildman–Crippen MR) is 194 cm³/mol. The molecular weight excluding hydrogens is 693 g/mol. The Morgan fingerprint density at radius 3 is 2.50 bits per heavy atom. The molecule has 0 atom stereocenters. The highest BCUT2D eigenvalue weighted by atomic mass is 79.9. The molecule has 0 bridgehead atoms. The molecule has 1 aliphatic heterocycles. The lowest BCUT2D eigenvalue weighted by molar-refractivity contribution is 0.0305. The number of aryl methyl sites for hydroxylation is 1. The van der Waals surface area contributed by atoms with E-state index in [1.54, 1.807) is 39.0 Å². The number of benzene rings is 2. The minimum absolute atomic E-state index is 0.309. The highest BCUT2D eigenvalue weighted by Crippen LogP contribution is 2.43. The van der Waals surface area contributed by atoms with E-state index in [-0.39, 0.29) is 0 Å². The lowest BCUT2D eigenvalue weighted by atomic mass is 10.0. The summed E-state index contributed by atoms with van der Waals surface area (Å²) in [6.07, 6.45) is 13.7. The van der Waals surface area contributed by atoms with Crippen LogP contribution in [0.2, 0.25) is 0 Å². The molecule has 2 aromatic carbocycles. The lowest BCUT2D eigenvalue weighted by Crippen LogP contribution is -2.37. The Balaban J connectivity index is 1.19. The zero-order valence-corrected chi connectivity index (χ0v) is 30.0. The van der Waals surface area contributed by atoms with Crippen LogP contribution in [0, 0.1) is 5.92 Å². The summed E-state index contributed by atoms with van der Waals surface area (Å²) in [6.45, 7) is 6.14. The van der Waals surface area contributed by atoms with Crippen molar-refractivity contribution in [2.24, 2.45) is 13.0 Å². The van der Waals surface area contributed by atoms with Gasteiger partial charge in [-0.3, -0.25) is 14.6 Å². The number of aromatic nitrogens is 6. The van der Waals surface area contributed by atoms with E-state index < -0.39 is 7.14 Å². The Labute approximate surface area is 288 Å². The Hall–Kier alpha value is -4.06. The molecule has 2 fully saturated rings. The molecule has 1 saturated heterocycles. The van der Waals surface area contributed by atoms with E-state index in [0.29, 0.717) is 55.8 Å². The van der Waals surface area contributed by atoms with E-state index in [9.17, 15) is 4.57 Å². The molecule has 1 saturated carbocycles. The molecule has 0 spiro atoms. The zero-order valence-electron chi connectivity index (χ0n) is 27.5. The van der Waals surface area contributed by atoms with Crippen LogP contribution < -0.4 is 25.6 Å². The van der Waals surface area contributed by atoms with Crippen LogP contribution in [-0.2, 0) is 16.3 Å². The van der Waals surface area contributed by atoms with Crippen molar-refractivity contribution in [2.75, 3.05) is 55.7 Å². The lowest BCUT2D eigenvalue weighted by Gasteiger charge is -2.35. The van der Waals surface area contributed by atoms with Gasteiger partial charge in [-0.25, -0.2) is 4.98 Å². The molecule has 2 N–H and O–H groups in total. The van der Waals surface area contributed by atoms with E-state index >= 15 is 0 Å². The molecule has 5 aromatic rings. The Morgan fingerprint density at radius 2 is 1.79 bits per heavy atom. The standard InChI is InChI=1S/C34H39BrN9O3P/c1-43-19-22(17-39-43)24-15-28(30(46-2)16-29(24)44-13-9-23(10-14-44)47-20-21-5-6-21)41-34-38-18-25(35)33(42-34)40-27-8-7-26-31(37-12-11-36-26)32(27)48(3,4)45/h7-8,11-12,15-19,21,23H,5-6,9-10,13-14,20H2,1-4H3,(H2,38,40,41,42). The van der Waals surface area contributed by atoms with E-state index in [0.717, 1.165) is 55.3 Å². The number of nitrogens with one attached hydrogen (secondary N) is 2. The average Bonchev–Trinajstić information content (AvgIpc) is 3.82. The number of fused-ring (bicyclic) bond motifs is 1. The summed E-state index contributed by atoms with van der Waals surface area (Å²) in [5.74, 6) is 2.29. The van der Waals surface area contributed by atoms with Crippen LogP contribution >= 0.6 is 23.1 Å². The van der Waals surface area contributed by atoms with Gasteiger partial charge in [0.05, 0.1) is 46.1 Å². The third-order valence-electron chi connectivity index (χ3n) is 8.78. The number of hydrogen-bond acceptors (Lipinski definition) is 11. The number of piperidine rings is 1. The Bertz CT molecular complexity index is 2000. The van der Waals surface area contributed by atoms with Gasteiger partial charge in [-0.15, -0.1) is 0 Å². The molecule has 2 aliphatic rings. The second-order valence-electron chi connectivity index (χ2n) is 12.8. The minimum Gasteiger partial charge on any atom is -0.494 e. The van der Waals surface area contributed by atoms with Crippen molar-refractivity contribution in [1.82, 2.24) is 29.7 Å². The molecule has 12 nitrogen and oxygen atoms in total. The number of nitrogens with zero attached hydrogens (tertiary/aromatic N) is 7. The minimum atomic E-state index is -2.76. The number of methoxy groups -OCH3 is 1. The fourth-order valence-corrected chi connectivity index (χ4v) is 7.82. The van der Waals surface area contributed by atoms with Gasteiger partial charge in [0.25, 0.3) is 0 Å². The van der Waals surface area contributed by atoms with Crippen LogP contribution in [0.4, 0.5) is 28.8 Å². The first-order valence-corrected chi connectivity index (χ1v) is 19.5. The Morgan fingerprint density at radius 1 is 1.00 bits per heavy atom. The number of hydrogen-bond donors (Lipinski definition) is 2. The highest BCUT2D eigenvalue weighted by molar-refractivity contribution is 9.10. The van der Waals surface area contributed by atoms with E-state index in [4.69, 9.17) is 14.5 Å². The molecule has 0 unspecified atom stereocenters. The molecule has 4 heterocycles. The van der Waals surface area contributed by atoms with Gasteiger partial charge in [0, 0.05) is 74.4 Å². The van der Waals surface area contributed by atoms with Crippen LogP contribution in [0.15, 0.2) is 59.7 Å². The fourth-order valence-electron chi connectivity index (χ4n) is 6.14. The normalized spacial score (nSPS) is 15.6. The number of rotatable bonds is 11. The summed E-state index contributed by atoms with van der Waals surface area (Å²) >= 11 is 3.59. The second kappa shape index (κ2) is 13.4. The quantitative estimate of drug-likeness (QED) is 0.140. The van der Waals surface area contributed by atoms with E-state index in [2.05, 4.69) is 63.6 Å². The molecular formula is C34H39BrN9O3P. The second-order valence-corrected chi connectivity index (χ2v) is 16.8. The molecule has 250 valence electrons. The summed E-state index contributed by atoms with van der Waals surface area (Å²) in [4.78, 5) is 20.7. The topological polar surface area (TPSA) is 132 Å². The number of ether oxygens (including phenoxy) is 2. The maximum Gasteiger partial charge on any atom is 0.229 e. The first kappa shape index (κ1) is 32.5. The maximum atomic E-state index is 13.5. The van der Waals surface area contributed by atoms with Crippen molar-refractivity contribution in [3.8, 4) is 16.9 Å². The van der Waals surface area contributed by atoms with Crippen LogP contribution in [0.5, 0.6) is 5.75 Å². The Kier molecular flexibility index (Phi) is 9.10. The summed E-state index contributed by atoms with van der Waals surface area (Å²) < 4.78 is 28.1. The smallest absolute Gasteiger partial charge is 0.229 e. The number of halogens is 1. The van der Waals surface area contributed by atoms with Crippen molar-refractivity contribution in [2.45, 2.75) is 31.8 Å². The van der Waals surface area contributed by atoms with Crippen molar-refractivity contribution in [3.63, 3.8) is 0 Å². The summed E-state index contributed by atoms with van der Waals surface area (Å²) in [7, 11) is 0.822. The van der Waals surface area contributed by atoms with Crippen molar-refractivity contribution < 1.29 is 14.0 Å². The van der Waals surface area contributed by atoms with Gasteiger partial charge >= 0.3 is 0 Å². The zero-order chi connectivity index (χ0) is 33.4. The first-order chi connectivity index (χ1) is 23.2. The van der Waals surface area contributed by atoms with Crippen LogP contribution in [0.3, 0.4) is 0 Å². The van der Waals surface area contributed by atoms with Gasteiger partial charge in [0.1, 0.15) is 24.2 Å². The third kappa shape index (κ3) is 7.04. The van der Waals surface area contributed by atoms with E-state index in [1.165, 1.54) is 12.8 Å².